The van der Waals surface area contributed by atoms with Gasteiger partial charge in [0.15, 0.2) is 0 Å². The molecule has 5 heteroatoms. The molecule has 1 heterocycles. The smallest absolute Gasteiger partial charge is 0.328 e. The normalized spacial score (nSPS) is 16.2. The summed E-state index contributed by atoms with van der Waals surface area (Å²) in [4.78, 5) is 23.8. The largest absolute Gasteiger partial charge is 0.478 e. The summed E-state index contributed by atoms with van der Waals surface area (Å²) in [5.74, 6) is -0.871. The fourth-order valence-electron chi connectivity index (χ4n) is 1.99. The number of amides is 1. The third kappa shape index (κ3) is 3.84. The number of hydrogen-bond acceptors (Lipinski definition) is 3. The van der Waals surface area contributed by atoms with E-state index in [1.54, 1.807) is 6.08 Å². The Labute approximate surface area is 111 Å². The van der Waals surface area contributed by atoms with Crippen LogP contribution >= 0.6 is 0 Å². The molecule has 1 aliphatic heterocycles. The van der Waals surface area contributed by atoms with Gasteiger partial charge in [-0.1, -0.05) is 12.1 Å². The van der Waals surface area contributed by atoms with E-state index in [0.717, 1.165) is 23.9 Å². The maximum absolute atomic E-state index is 11.3. The van der Waals surface area contributed by atoms with Gasteiger partial charge in [0, 0.05) is 37.8 Å². The Hall–Kier alpha value is -2.30. The molecule has 0 bridgehead atoms. The van der Waals surface area contributed by atoms with Crippen LogP contribution < -0.4 is 10.2 Å². The van der Waals surface area contributed by atoms with Crippen molar-refractivity contribution < 1.29 is 14.7 Å². The number of anilines is 1. The molecule has 1 aliphatic rings. The molecule has 0 atom stereocenters. The van der Waals surface area contributed by atoms with E-state index in [9.17, 15) is 9.59 Å². The van der Waals surface area contributed by atoms with Crippen LogP contribution in [0.15, 0.2) is 30.3 Å². The number of nitrogens with one attached hydrogen (secondary N) is 1. The minimum Gasteiger partial charge on any atom is -0.478 e. The average molecular weight is 260 g/mol. The third-order valence-electron chi connectivity index (χ3n) is 2.99. The monoisotopic (exact) mass is 260 g/mol. The Morgan fingerprint density at radius 1 is 1.26 bits per heavy atom. The van der Waals surface area contributed by atoms with Gasteiger partial charge in [-0.05, 0) is 23.8 Å². The van der Waals surface area contributed by atoms with Crippen LogP contribution in [0, 0.1) is 0 Å². The maximum atomic E-state index is 11.3. The highest BCUT2D eigenvalue weighted by molar-refractivity contribution is 5.85. The zero-order valence-electron chi connectivity index (χ0n) is 10.5. The molecule has 0 radical (unpaired) electrons. The molecule has 1 amide bonds. The number of hydrogen-bond donors (Lipinski definition) is 2. The molecular weight excluding hydrogens is 244 g/mol. The van der Waals surface area contributed by atoms with Crippen molar-refractivity contribution in [3.63, 3.8) is 0 Å². The van der Waals surface area contributed by atoms with E-state index in [1.807, 2.05) is 24.3 Å². The van der Waals surface area contributed by atoms with Gasteiger partial charge in [0.25, 0.3) is 0 Å². The molecular formula is C14H16N2O3. The molecule has 5 nitrogen and oxygen atoms in total. The molecule has 2 N–H and O–H groups in total. The fourth-order valence-corrected chi connectivity index (χ4v) is 1.99. The second kappa shape index (κ2) is 6.04. The predicted molar refractivity (Wildman–Crippen MR) is 73.0 cm³/mol. The lowest BCUT2D eigenvalue weighted by atomic mass is 10.1. The standard InChI is InChI=1S/C14H16N2O3/c17-13-7-9-16(10-8-15-13)12-4-1-11(2-5-12)3-6-14(18)19/h1-6H,7-10H2,(H,15,17)(H,18,19). The van der Waals surface area contributed by atoms with Gasteiger partial charge in [0.1, 0.15) is 0 Å². The van der Waals surface area contributed by atoms with Crippen LogP contribution in [0.2, 0.25) is 0 Å². The summed E-state index contributed by atoms with van der Waals surface area (Å²) in [6, 6.07) is 7.62. The van der Waals surface area contributed by atoms with Crippen LogP contribution in [0.4, 0.5) is 5.69 Å². The SMILES string of the molecule is O=C(O)C=Cc1ccc(N2CCNC(=O)CC2)cc1. The highest BCUT2D eigenvalue weighted by Crippen LogP contribution is 2.17. The Morgan fingerprint density at radius 3 is 2.68 bits per heavy atom. The van der Waals surface area contributed by atoms with Gasteiger partial charge in [-0.2, -0.15) is 0 Å². The summed E-state index contributed by atoms with van der Waals surface area (Å²) in [6.07, 6.45) is 3.17. The summed E-state index contributed by atoms with van der Waals surface area (Å²) in [6.45, 7) is 2.14. The molecule has 0 aromatic heterocycles. The quantitative estimate of drug-likeness (QED) is 0.799. The molecule has 100 valence electrons. The lowest BCUT2D eigenvalue weighted by molar-refractivity contribution is -0.131. The molecule has 1 saturated heterocycles. The second-order valence-electron chi connectivity index (χ2n) is 4.35. The number of carbonyl (C=O) groups excluding carboxylic acids is 1. The Morgan fingerprint density at radius 2 is 2.00 bits per heavy atom. The van der Waals surface area contributed by atoms with Crippen molar-refractivity contribution >= 4 is 23.6 Å². The molecule has 0 unspecified atom stereocenters. The molecule has 2 rings (SSSR count). The first kappa shape index (κ1) is 13.1. The predicted octanol–water partition coefficient (Wildman–Crippen LogP) is 1.11. The zero-order chi connectivity index (χ0) is 13.7. The fraction of sp³-hybridized carbons (Fsp3) is 0.286. The van der Waals surface area contributed by atoms with Crippen molar-refractivity contribution in [2.75, 3.05) is 24.5 Å². The Kier molecular flexibility index (Phi) is 4.18. The highest BCUT2D eigenvalue weighted by atomic mass is 16.4. The topological polar surface area (TPSA) is 69.6 Å². The van der Waals surface area contributed by atoms with Crippen molar-refractivity contribution in [3.8, 4) is 0 Å². The van der Waals surface area contributed by atoms with Crippen LogP contribution in [-0.4, -0.2) is 36.6 Å². The van der Waals surface area contributed by atoms with Crippen molar-refractivity contribution in [2.45, 2.75) is 6.42 Å². The van der Waals surface area contributed by atoms with E-state index in [1.165, 1.54) is 0 Å². The summed E-state index contributed by atoms with van der Waals surface area (Å²) in [7, 11) is 0. The minimum atomic E-state index is -0.957. The van der Waals surface area contributed by atoms with E-state index in [4.69, 9.17) is 5.11 Å². The third-order valence-corrected chi connectivity index (χ3v) is 2.99. The van der Waals surface area contributed by atoms with Crippen molar-refractivity contribution in [1.82, 2.24) is 5.32 Å². The van der Waals surface area contributed by atoms with Gasteiger partial charge in [-0.25, -0.2) is 4.79 Å². The van der Waals surface area contributed by atoms with Gasteiger partial charge < -0.3 is 15.3 Å². The van der Waals surface area contributed by atoms with Crippen LogP contribution in [0.1, 0.15) is 12.0 Å². The van der Waals surface area contributed by atoms with Gasteiger partial charge in [0.2, 0.25) is 5.91 Å². The van der Waals surface area contributed by atoms with Crippen LogP contribution in [0.25, 0.3) is 6.08 Å². The Balaban J connectivity index is 2.05. The summed E-state index contributed by atoms with van der Waals surface area (Å²) >= 11 is 0. The average Bonchev–Trinajstić information content (AvgIpc) is 2.62. The van der Waals surface area contributed by atoms with Gasteiger partial charge >= 0.3 is 5.97 Å². The molecule has 0 saturated carbocycles. The summed E-state index contributed by atoms with van der Waals surface area (Å²) < 4.78 is 0. The van der Waals surface area contributed by atoms with Crippen LogP contribution in [0.5, 0.6) is 0 Å². The van der Waals surface area contributed by atoms with E-state index in [-0.39, 0.29) is 5.91 Å². The molecule has 1 aromatic rings. The Bertz CT molecular complexity index is 494. The lowest BCUT2D eigenvalue weighted by Gasteiger charge is -2.21. The number of benzene rings is 1. The molecule has 1 aromatic carbocycles. The van der Waals surface area contributed by atoms with E-state index in [0.29, 0.717) is 19.5 Å². The van der Waals surface area contributed by atoms with E-state index >= 15 is 0 Å². The van der Waals surface area contributed by atoms with Gasteiger partial charge in [-0.15, -0.1) is 0 Å². The van der Waals surface area contributed by atoms with Crippen LogP contribution in [-0.2, 0) is 9.59 Å². The molecule has 0 spiro atoms. The summed E-state index contributed by atoms with van der Waals surface area (Å²) in [5.41, 5.74) is 1.89. The molecule has 19 heavy (non-hydrogen) atoms. The highest BCUT2D eigenvalue weighted by Gasteiger charge is 2.13. The van der Waals surface area contributed by atoms with Crippen molar-refractivity contribution in [2.24, 2.45) is 0 Å². The number of carbonyl (C=O) groups is 2. The van der Waals surface area contributed by atoms with Gasteiger partial charge in [-0.3, -0.25) is 4.79 Å². The lowest BCUT2D eigenvalue weighted by Crippen LogP contribution is -2.28. The van der Waals surface area contributed by atoms with Gasteiger partial charge in [0.05, 0.1) is 0 Å². The van der Waals surface area contributed by atoms with E-state index < -0.39 is 5.97 Å². The molecule has 0 aliphatic carbocycles. The number of carboxylic acid groups (broad SMARTS) is 1. The number of aliphatic carboxylic acids is 1. The second-order valence-corrected chi connectivity index (χ2v) is 4.35. The van der Waals surface area contributed by atoms with E-state index in [2.05, 4.69) is 10.2 Å². The first-order valence-electron chi connectivity index (χ1n) is 6.18. The van der Waals surface area contributed by atoms with Crippen molar-refractivity contribution in [3.05, 3.63) is 35.9 Å². The molecule has 1 fully saturated rings. The van der Waals surface area contributed by atoms with Crippen LogP contribution in [0.3, 0.4) is 0 Å². The number of rotatable bonds is 3. The summed E-state index contributed by atoms with van der Waals surface area (Å²) in [5, 5.41) is 11.4. The first-order valence-corrected chi connectivity index (χ1v) is 6.18. The van der Waals surface area contributed by atoms with Crippen molar-refractivity contribution in [1.29, 1.82) is 0 Å². The number of nitrogens with zero attached hydrogens (tertiary/aromatic N) is 1. The number of carboxylic acids is 1. The first-order chi connectivity index (χ1) is 9.15. The maximum Gasteiger partial charge on any atom is 0.328 e. The zero-order valence-corrected chi connectivity index (χ0v) is 10.5. The minimum absolute atomic E-state index is 0.0866.